The monoisotopic (exact) mass is 411 g/mol. The molecule has 1 saturated heterocycles. The second-order valence-electron chi connectivity index (χ2n) is 5.08. The Morgan fingerprint density at radius 2 is 2.05 bits per heavy atom. The number of halogens is 1. The molecule has 21 heavy (non-hydrogen) atoms. The second kappa shape index (κ2) is 12.0. The molecule has 0 bridgehead atoms. The molecule has 0 aromatic carbocycles. The average molecular weight is 411 g/mol. The molecule has 1 fully saturated rings. The molecule has 0 spiro atoms. The van der Waals surface area contributed by atoms with E-state index >= 15 is 0 Å². The molecule has 0 aromatic rings. The smallest absolute Gasteiger partial charge is 0.239 e. The van der Waals surface area contributed by atoms with E-state index in [0.29, 0.717) is 12.0 Å². The van der Waals surface area contributed by atoms with E-state index in [9.17, 15) is 4.79 Å². The van der Waals surface area contributed by atoms with Crippen LogP contribution in [-0.4, -0.2) is 62.6 Å². The van der Waals surface area contributed by atoms with Crippen molar-refractivity contribution in [3.63, 3.8) is 0 Å². The van der Waals surface area contributed by atoms with Gasteiger partial charge in [0.15, 0.2) is 5.96 Å². The van der Waals surface area contributed by atoms with Crippen LogP contribution in [0.2, 0.25) is 0 Å². The van der Waals surface area contributed by atoms with Gasteiger partial charge in [0.05, 0.1) is 6.54 Å². The quantitative estimate of drug-likeness (QED) is 0.329. The lowest BCUT2D eigenvalue weighted by atomic mass is 10.2. The third kappa shape index (κ3) is 7.85. The SMILES string of the molecule is CCCNC(=O)CNC(=NC)NCC1CCCN1CC.I. The van der Waals surface area contributed by atoms with Crippen molar-refractivity contribution in [2.24, 2.45) is 4.99 Å². The Morgan fingerprint density at radius 1 is 1.29 bits per heavy atom. The highest BCUT2D eigenvalue weighted by Crippen LogP contribution is 2.15. The summed E-state index contributed by atoms with van der Waals surface area (Å²) in [4.78, 5) is 18.1. The Balaban J connectivity index is 0.00000400. The fraction of sp³-hybridized carbons (Fsp3) is 0.857. The van der Waals surface area contributed by atoms with Crippen LogP contribution in [0.1, 0.15) is 33.1 Å². The molecule has 0 saturated carbocycles. The summed E-state index contributed by atoms with van der Waals surface area (Å²) in [6.07, 6.45) is 3.45. The van der Waals surface area contributed by atoms with Crippen LogP contribution in [0, 0.1) is 0 Å². The normalized spacial score (nSPS) is 19.0. The molecule has 1 aliphatic rings. The van der Waals surface area contributed by atoms with E-state index in [1.165, 1.54) is 19.4 Å². The Labute approximate surface area is 145 Å². The number of nitrogens with zero attached hydrogens (tertiary/aromatic N) is 2. The minimum atomic E-state index is 0. The summed E-state index contributed by atoms with van der Waals surface area (Å²) in [5, 5.41) is 9.18. The lowest BCUT2D eigenvalue weighted by Crippen LogP contribution is -2.47. The molecule has 1 heterocycles. The summed E-state index contributed by atoms with van der Waals surface area (Å²) in [7, 11) is 1.73. The van der Waals surface area contributed by atoms with Gasteiger partial charge in [-0.15, -0.1) is 24.0 Å². The molecule has 1 aliphatic heterocycles. The first-order chi connectivity index (χ1) is 9.71. The van der Waals surface area contributed by atoms with Gasteiger partial charge in [0, 0.05) is 26.2 Å². The topological polar surface area (TPSA) is 68.8 Å². The van der Waals surface area contributed by atoms with Crippen LogP contribution in [0.25, 0.3) is 0 Å². The maximum atomic E-state index is 11.5. The van der Waals surface area contributed by atoms with Crippen molar-refractivity contribution in [1.29, 1.82) is 0 Å². The summed E-state index contributed by atoms with van der Waals surface area (Å²) < 4.78 is 0. The molecule has 0 aliphatic carbocycles. The second-order valence-corrected chi connectivity index (χ2v) is 5.08. The molecule has 0 aromatic heterocycles. The Bertz CT molecular complexity index is 324. The molecule has 1 amide bonds. The number of rotatable bonds is 7. The summed E-state index contributed by atoms with van der Waals surface area (Å²) in [6.45, 7) is 8.39. The third-order valence-corrected chi connectivity index (χ3v) is 3.62. The first-order valence-electron chi connectivity index (χ1n) is 7.66. The molecule has 3 N–H and O–H groups in total. The number of likely N-dealkylation sites (tertiary alicyclic amines) is 1. The van der Waals surface area contributed by atoms with Crippen LogP contribution in [-0.2, 0) is 4.79 Å². The zero-order chi connectivity index (χ0) is 14.8. The standard InChI is InChI=1S/C14H29N5O.HI/c1-4-8-16-13(20)11-18-14(15-3)17-10-12-7-6-9-19(12)5-2;/h12H,4-11H2,1-3H3,(H,16,20)(H2,15,17,18);1H. The average Bonchev–Trinajstić information content (AvgIpc) is 2.92. The van der Waals surface area contributed by atoms with Crippen molar-refractivity contribution in [2.45, 2.75) is 39.2 Å². The van der Waals surface area contributed by atoms with E-state index in [-0.39, 0.29) is 36.4 Å². The Morgan fingerprint density at radius 3 is 2.67 bits per heavy atom. The van der Waals surface area contributed by atoms with Crippen molar-refractivity contribution in [3.8, 4) is 0 Å². The van der Waals surface area contributed by atoms with Crippen LogP contribution in [0.15, 0.2) is 4.99 Å². The van der Waals surface area contributed by atoms with Crippen molar-refractivity contribution >= 4 is 35.8 Å². The lowest BCUT2D eigenvalue weighted by Gasteiger charge is -2.23. The van der Waals surface area contributed by atoms with E-state index in [4.69, 9.17) is 0 Å². The highest BCUT2D eigenvalue weighted by atomic mass is 127. The van der Waals surface area contributed by atoms with Gasteiger partial charge in [-0.25, -0.2) is 0 Å². The largest absolute Gasteiger partial charge is 0.355 e. The fourth-order valence-electron chi connectivity index (χ4n) is 2.47. The van der Waals surface area contributed by atoms with Crippen molar-refractivity contribution in [2.75, 3.05) is 39.8 Å². The molecular formula is C14H30IN5O. The van der Waals surface area contributed by atoms with Gasteiger partial charge < -0.3 is 16.0 Å². The highest BCUT2D eigenvalue weighted by molar-refractivity contribution is 14.0. The maximum Gasteiger partial charge on any atom is 0.239 e. The molecule has 1 unspecified atom stereocenters. The van der Waals surface area contributed by atoms with Crippen LogP contribution >= 0.6 is 24.0 Å². The van der Waals surface area contributed by atoms with Crippen LogP contribution < -0.4 is 16.0 Å². The Kier molecular flexibility index (Phi) is 11.7. The van der Waals surface area contributed by atoms with Crippen LogP contribution in [0.4, 0.5) is 0 Å². The third-order valence-electron chi connectivity index (χ3n) is 3.62. The van der Waals surface area contributed by atoms with Crippen LogP contribution in [0.5, 0.6) is 0 Å². The summed E-state index contributed by atoms with van der Waals surface area (Å²) in [5.41, 5.74) is 0. The predicted molar refractivity (Wildman–Crippen MR) is 98.3 cm³/mol. The number of carbonyl (C=O) groups is 1. The van der Waals surface area contributed by atoms with Gasteiger partial charge in [0.25, 0.3) is 0 Å². The minimum absolute atomic E-state index is 0. The van der Waals surface area contributed by atoms with E-state index in [1.807, 2.05) is 6.92 Å². The molecule has 7 heteroatoms. The van der Waals surface area contributed by atoms with E-state index < -0.39 is 0 Å². The van der Waals surface area contributed by atoms with Crippen molar-refractivity contribution in [3.05, 3.63) is 0 Å². The van der Waals surface area contributed by atoms with Crippen molar-refractivity contribution in [1.82, 2.24) is 20.9 Å². The van der Waals surface area contributed by atoms with Gasteiger partial charge in [0.1, 0.15) is 0 Å². The molecular weight excluding hydrogens is 381 g/mol. The van der Waals surface area contributed by atoms with Crippen LogP contribution in [0.3, 0.4) is 0 Å². The number of carbonyl (C=O) groups excluding carboxylic acids is 1. The van der Waals surface area contributed by atoms with Gasteiger partial charge in [-0.1, -0.05) is 13.8 Å². The minimum Gasteiger partial charge on any atom is -0.355 e. The number of likely N-dealkylation sites (N-methyl/N-ethyl adjacent to an activating group) is 1. The van der Waals surface area contributed by atoms with E-state index in [2.05, 4.69) is 32.8 Å². The van der Waals surface area contributed by atoms with Gasteiger partial charge in [-0.2, -0.15) is 0 Å². The Hall–Kier alpha value is -0.570. The number of hydrogen-bond donors (Lipinski definition) is 3. The molecule has 6 nitrogen and oxygen atoms in total. The number of amides is 1. The summed E-state index contributed by atoms with van der Waals surface area (Å²) in [5.74, 6) is 0.699. The summed E-state index contributed by atoms with van der Waals surface area (Å²) in [6, 6.07) is 0.576. The number of aliphatic imine (C=N–C) groups is 1. The van der Waals surface area contributed by atoms with Crippen molar-refractivity contribution < 1.29 is 4.79 Å². The summed E-state index contributed by atoms with van der Waals surface area (Å²) >= 11 is 0. The number of nitrogens with one attached hydrogen (secondary N) is 3. The van der Waals surface area contributed by atoms with E-state index in [1.54, 1.807) is 7.05 Å². The fourth-order valence-corrected chi connectivity index (χ4v) is 2.47. The molecule has 1 rings (SSSR count). The zero-order valence-electron chi connectivity index (χ0n) is 13.4. The lowest BCUT2D eigenvalue weighted by molar-refractivity contribution is -0.120. The molecule has 124 valence electrons. The van der Waals surface area contributed by atoms with Gasteiger partial charge >= 0.3 is 0 Å². The van der Waals surface area contributed by atoms with Gasteiger partial charge in [0.2, 0.25) is 5.91 Å². The first-order valence-corrected chi connectivity index (χ1v) is 7.66. The van der Waals surface area contributed by atoms with Gasteiger partial charge in [-0.05, 0) is 32.4 Å². The van der Waals surface area contributed by atoms with Gasteiger partial charge in [-0.3, -0.25) is 14.7 Å². The first kappa shape index (κ1) is 20.4. The maximum absolute atomic E-state index is 11.5. The number of guanidine groups is 1. The predicted octanol–water partition coefficient (Wildman–Crippen LogP) is 0.780. The highest BCUT2D eigenvalue weighted by Gasteiger charge is 2.22. The molecule has 0 radical (unpaired) electrons. The zero-order valence-corrected chi connectivity index (χ0v) is 15.8. The van der Waals surface area contributed by atoms with E-state index in [0.717, 1.165) is 26.1 Å². The molecule has 1 atom stereocenters. The number of hydrogen-bond acceptors (Lipinski definition) is 3.